The van der Waals surface area contributed by atoms with Crippen LogP contribution in [0.5, 0.6) is 11.5 Å². The molecule has 0 saturated heterocycles. The van der Waals surface area contributed by atoms with E-state index in [1.165, 1.54) is 0 Å². The quantitative estimate of drug-likeness (QED) is 0.117. The third-order valence-corrected chi connectivity index (χ3v) is 12.5. The number of nitrogens with one attached hydrogen (secondary N) is 1. The van der Waals surface area contributed by atoms with Gasteiger partial charge in [-0.25, -0.2) is 4.79 Å². The maximum atomic E-state index is 14.5. The Balaban J connectivity index is 0.00000612. The van der Waals surface area contributed by atoms with E-state index in [1.807, 2.05) is 97.1 Å². The number of carboxylic acid groups (broad SMARTS) is 1. The van der Waals surface area contributed by atoms with Gasteiger partial charge in [-0.05, 0) is 100 Å². The van der Waals surface area contributed by atoms with E-state index in [4.69, 9.17) is 37.9 Å². The Hall–Kier alpha value is -6.35. The number of rotatable bonds is 13. The number of nitrogens with zero attached hydrogens (tertiary/aromatic N) is 3. The van der Waals surface area contributed by atoms with Gasteiger partial charge in [-0.2, -0.15) is 5.26 Å². The second-order valence-corrected chi connectivity index (χ2v) is 16.6. The van der Waals surface area contributed by atoms with Crippen LogP contribution < -0.4 is 19.7 Å². The van der Waals surface area contributed by atoms with E-state index in [2.05, 4.69) is 23.2 Å². The van der Waals surface area contributed by atoms with Crippen LogP contribution in [0.1, 0.15) is 64.4 Å². The molecule has 4 atom stereocenters. The molecule has 10 nitrogen and oxygen atoms in total. The number of hydrogen-bond acceptors (Lipinski definition) is 7. The molecule has 2 N–H and O–H groups in total. The number of ether oxygens (including phenoxy) is 2. The maximum Gasteiger partial charge on any atom is 0.326 e. The molecular weight excluding hydrogens is 871 g/mol. The Morgan fingerprint density at radius 3 is 2.19 bits per heavy atom. The molecule has 0 aromatic heterocycles. The SMILES string of the molecule is CC[C@@H](c1ccccc1)N1Cc2cc3c(cc2C[C@H]1C(=O)N[C@@H](Cc1ccc(-c2ccc(C#N)cc2)cc1)C(=O)O)N(C)C(=O)[C@H](c1ccc(OCc2ccc(Cl)c(Cl)c2)cc1)O3.Cl. The number of nitriles is 1. The topological polar surface area (TPSA) is 132 Å². The summed E-state index contributed by atoms with van der Waals surface area (Å²) in [4.78, 5) is 44.8. The molecule has 326 valence electrons. The molecule has 13 heteroatoms. The summed E-state index contributed by atoms with van der Waals surface area (Å²) in [5.41, 5.74) is 8.18. The largest absolute Gasteiger partial charge is 0.489 e. The van der Waals surface area contributed by atoms with Gasteiger partial charge in [0.15, 0.2) is 0 Å². The molecule has 0 saturated carbocycles. The monoisotopic (exact) mass is 914 g/mol. The molecule has 8 rings (SSSR count). The lowest BCUT2D eigenvalue weighted by Gasteiger charge is -2.42. The Labute approximate surface area is 388 Å². The highest BCUT2D eigenvalue weighted by Gasteiger charge is 2.40. The van der Waals surface area contributed by atoms with E-state index < -0.39 is 24.2 Å². The smallest absolute Gasteiger partial charge is 0.326 e. The molecule has 0 radical (unpaired) electrons. The molecule has 6 aromatic carbocycles. The summed E-state index contributed by atoms with van der Waals surface area (Å²) in [6, 6.07) is 41.3. The summed E-state index contributed by atoms with van der Waals surface area (Å²) in [5, 5.41) is 23.4. The molecular formula is C51H45Cl3N4O6. The van der Waals surface area contributed by atoms with Gasteiger partial charge in [0.2, 0.25) is 12.0 Å². The first-order chi connectivity index (χ1) is 30.5. The van der Waals surface area contributed by atoms with Gasteiger partial charge >= 0.3 is 5.97 Å². The minimum Gasteiger partial charge on any atom is -0.489 e. The van der Waals surface area contributed by atoms with E-state index >= 15 is 0 Å². The van der Waals surface area contributed by atoms with Crippen LogP contribution >= 0.6 is 35.6 Å². The lowest BCUT2D eigenvalue weighted by Crippen LogP contribution is -2.55. The van der Waals surface area contributed by atoms with E-state index in [0.29, 0.717) is 57.7 Å². The van der Waals surface area contributed by atoms with Gasteiger partial charge in [0, 0.05) is 31.6 Å². The van der Waals surface area contributed by atoms with Crippen LogP contribution in [-0.2, 0) is 40.4 Å². The molecule has 0 aliphatic carbocycles. The second-order valence-electron chi connectivity index (χ2n) is 15.8. The van der Waals surface area contributed by atoms with Gasteiger partial charge in [0.05, 0.1) is 33.4 Å². The van der Waals surface area contributed by atoms with Gasteiger partial charge in [0.1, 0.15) is 24.1 Å². The van der Waals surface area contributed by atoms with Crippen molar-refractivity contribution < 1.29 is 29.0 Å². The number of likely N-dealkylation sites (N-methyl/N-ethyl adjacent to an activating group) is 1. The van der Waals surface area contributed by atoms with Crippen molar-refractivity contribution in [3.8, 4) is 28.7 Å². The third-order valence-electron chi connectivity index (χ3n) is 11.8. The van der Waals surface area contributed by atoms with Crippen molar-refractivity contribution in [1.82, 2.24) is 10.2 Å². The number of carboxylic acids is 1. The van der Waals surface area contributed by atoms with Gasteiger partial charge in [-0.1, -0.05) is 115 Å². The number of benzene rings is 6. The molecule has 0 fully saturated rings. The molecule has 2 aliphatic rings. The summed E-state index contributed by atoms with van der Waals surface area (Å²) in [5.74, 6) is -0.610. The molecule has 0 spiro atoms. The number of anilines is 1. The van der Waals surface area contributed by atoms with Crippen LogP contribution in [0, 0.1) is 11.3 Å². The molecule has 0 bridgehead atoms. The lowest BCUT2D eigenvalue weighted by atomic mass is 9.88. The zero-order chi connectivity index (χ0) is 44.2. The Morgan fingerprint density at radius 1 is 0.875 bits per heavy atom. The van der Waals surface area contributed by atoms with Crippen molar-refractivity contribution in [2.24, 2.45) is 0 Å². The number of halogens is 3. The first kappa shape index (κ1) is 45.7. The van der Waals surface area contributed by atoms with E-state index in [0.717, 1.165) is 38.9 Å². The third kappa shape index (κ3) is 9.89. The van der Waals surface area contributed by atoms with E-state index in [1.54, 1.807) is 48.3 Å². The molecule has 2 aliphatic heterocycles. The van der Waals surface area contributed by atoms with Crippen molar-refractivity contribution >= 4 is 59.1 Å². The van der Waals surface area contributed by atoms with Crippen molar-refractivity contribution in [2.45, 2.75) is 63.6 Å². The predicted octanol–water partition coefficient (Wildman–Crippen LogP) is 10.3. The molecule has 64 heavy (non-hydrogen) atoms. The Morgan fingerprint density at radius 2 is 1.55 bits per heavy atom. The lowest BCUT2D eigenvalue weighted by molar-refractivity contribution is -0.143. The number of fused-ring (bicyclic) bond motifs is 2. The summed E-state index contributed by atoms with van der Waals surface area (Å²) in [6.07, 6.45) is 0.181. The van der Waals surface area contributed by atoms with Crippen LogP contribution in [0.15, 0.2) is 133 Å². The summed E-state index contributed by atoms with van der Waals surface area (Å²) in [6.45, 7) is 2.75. The van der Waals surface area contributed by atoms with Crippen LogP contribution in [-0.4, -0.2) is 46.9 Å². The minimum absolute atomic E-state index is 0. The van der Waals surface area contributed by atoms with Gasteiger partial charge in [-0.3, -0.25) is 14.5 Å². The fourth-order valence-electron chi connectivity index (χ4n) is 8.38. The van der Waals surface area contributed by atoms with Crippen LogP contribution in [0.25, 0.3) is 11.1 Å². The van der Waals surface area contributed by atoms with Crippen molar-refractivity contribution in [3.63, 3.8) is 0 Å². The first-order valence-corrected chi connectivity index (χ1v) is 21.4. The normalized spacial score (nSPS) is 16.5. The Bertz CT molecular complexity index is 2690. The number of amides is 2. The van der Waals surface area contributed by atoms with Gasteiger partial charge in [0.25, 0.3) is 5.91 Å². The summed E-state index contributed by atoms with van der Waals surface area (Å²) >= 11 is 12.2. The van der Waals surface area contributed by atoms with E-state index in [9.17, 15) is 19.5 Å². The minimum atomic E-state index is -1.18. The average Bonchev–Trinajstić information content (AvgIpc) is 3.30. The van der Waals surface area contributed by atoms with Gasteiger partial charge < -0.3 is 24.8 Å². The van der Waals surface area contributed by atoms with Crippen molar-refractivity contribution in [2.75, 3.05) is 11.9 Å². The molecule has 0 unspecified atom stereocenters. The zero-order valence-electron chi connectivity index (χ0n) is 35.0. The standard InChI is InChI=1S/C51H44Cl2N4O6.ClH/c1-3-44(36-7-5-4-6-8-36)57-29-39-27-47-45(56(2)50(59)48(63-47)37-18-20-40(21-19-37)62-30-33-13-22-41(52)42(53)23-33)25-38(39)26-46(57)49(58)55-43(51(60)61)24-31-9-14-34(15-10-31)35-16-11-32(28-54)12-17-35;/h4-23,25,27,43-44,46,48H,3,24,26,29-30H2,1-2H3,(H,55,58)(H,60,61);1H/t43-,44-,46-,48-;/m0./s1. The predicted molar refractivity (Wildman–Crippen MR) is 250 cm³/mol. The van der Waals surface area contributed by atoms with Crippen molar-refractivity contribution in [1.29, 1.82) is 5.26 Å². The molecule has 2 amide bonds. The zero-order valence-corrected chi connectivity index (χ0v) is 37.4. The maximum absolute atomic E-state index is 14.5. The number of aliphatic carboxylic acids is 1. The fourth-order valence-corrected chi connectivity index (χ4v) is 8.70. The van der Waals surface area contributed by atoms with Crippen LogP contribution in [0.4, 0.5) is 5.69 Å². The fraction of sp³-hybridized carbons (Fsp3) is 0.216. The highest BCUT2D eigenvalue weighted by atomic mass is 35.5. The first-order valence-electron chi connectivity index (χ1n) is 20.7. The van der Waals surface area contributed by atoms with Gasteiger partial charge in [-0.15, -0.1) is 12.4 Å². The van der Waals surface area contributed by atoms with Crippen molar-refractivity contribution in [3.05, 3.63) is 182 Å². The van der Waals surface area contributed by atoms with E-state index in [-0.39, 0.29) is 43.3 Å². The molecule has 2 heterocycles. The summed E-state index contributed by atoms with van der Waals surface area (Å²) < 4.78 is 12.5. The van der Waals surface area contributed by atoms with Crippen LogP contribution in [0.2, 0.25) is 10.0 Å². The molecule has 6 aromatic rings. The highest BCUT2D eigenvalue weighted by molar-refractivity contribution is 6.42. The average molecular weight is 916 g/mol. The number of carbonyl (C=O) groups is 3. The highest BCUT2D eigenvalue weighted by Crippen LogP contribution is 2.43. The number of hydrogen-bond donors (Lipinski definition) is 2. The van der Waals surface area contributed by atoms with Crippen LogP contribution in [0.3, 0.4) is 0 Å². The Kier molecular flexibility index (Phi) is 14.3. The second kappa shape index (κ2) is 20.0. The number of carbonyl (C=O) groups excluding carboxylic acids is 2. The summed E-state index contributed by atoms with van der Waals surface area (Å²) in [7, 11) is 1.72.